The summed E-state index contributed by atoms with van der Waals surface area (Å²) in [6.07, 6.45) is 0.211. The van der Waals surface area contributed by atoms with Gasteiger partial charge in [0.2, 0.25) is 0 Å². The molecule has 0 saturated carbocycles. The number of ether oxygens (including phenoxy) is 1. The molecular weight excluding hydrogens is 254 g/mol. The van der Waals surface area contributed by atoms with Crippen LogP contribution < -0.4 is 4.90 Å². The first kappa shape index (κ1) is 16.2. The van der Waals surface area contributed by atoms with E-state index in [0.29, 0.717) is 6.29 Å². The molecular formula is C16H23NO3. The first-order valence-corrected chi connectivity index (χ1v) is 6.67. The third-order valence-corrected chi connectivity index (χ3v) is 2.78. The van der Waals surface area contributed by atoms with Gasteiger partial charge in [-0.3, -0.25) is 4.90 Å². The molecule has 1 aromatic rings. The van der Waals surface area contributed by atoms with Crippen molar-refractivity contribution in [2.24, 2.45) is 0 Å². The van der Waals surface area contributed by atoms with E-state index in [-0.39, 0.29) is 6.54 Å². The van der Waals surface area contributed by atoms with Crippen LogP contribution in [0.3, 0.4) is 0 Å². The van der Waals surface area contributed by atoms with Crippen LogP contribution in [0.4, 0.5) is 10.5 Å². The summed E-state index contributed by atoms with van der Waals surface area (Å²) in [5, 5.41) is 0. The largest absolute Gasteiger partial charge is 0.443 e. The summed E-state index contributed by atoms with van der Waals surface area (Å²) in [6, 6.07) is 3.98. The second kappa shape index (κ2) is 6.07. The fraction of sp³-hybridized carbons (Fsp3) is 0.500. The molecule has 1 aromatic carbocycles. The number of nitrogens with zero attached hydrogens (tertiary/aromatic N) is 1. The van der Waals surface area contributed by atoms with Crippen molar-refractivity contribution < 1.29 is 14.3 Å². The van der Waals surface area contributed by atoms with E-state index in [1.54, 1.807) is 20.8 Å². The topological polar surface area (TPSA) is 46.6 Å². The lowest BCUT2D eigenvalue weighted by molar-refractivity contribution is -0.106. The number of carbonyl (C=O) groups is 2. The maximum Gasteiger partial charge on any atom is 0.415 e. The highest BCUT2D eigenvalue weighted by molar-refractivity contribution is 5.93. The summed E-state index contributed by atoms with van der Waals surface area (Å²) in [6.45, 7) is 11.3. The highest BCUT2D eigenvalue weighted by Gasteiger charge is 2.25. The smallest absolute Gasteiger partial charge is 0.415 e. The molecule has 1 rings (SSSR count). The van der Waals surface area contributed by atoms with Gasteiger partial charge in [-0.25, -0.2) is 4.79 Å². The Morgan fingerprint density at radius 2 is 1.70 bits per heavy atom. The van der Waals surface area contributed by atoms with Gasteiger partial charge in [0, 0.05) is 0 Å². The summed E-state index contributed by atoms with van der Waals surface area (Å²) >= 11 is 0. The van der Waals surface area contributed by atoms with Crippen molar-refractivity contribution in [3.8, 4) is 0 Å². The number of anilines is 1. The summed E-state index contributed by atoms with van der Waals surface area (Å²) in [4.78, 5) is 24.6. The molecule has 0 bridgehead atoms. The monoisotopic (exact) mass is 277 g/mol. The Hall–Kier alpha value is -1.84. The molecule has 0 aromatic heterocycles. The van der Waals surface area contributed by atoms with Crippen LogP contribution in [-0.4, -0.2) is 24.5 Å². The van der Waals surface area contributed by atoms with Gasteiger partial charge >= 0.3 is 6.09 Å². The number of rotatable bonds is 3. The zero-order chi connectivity index (χ0) is 15.5. The minimum atomic E-state index is -0.593. The van der Waals surface area contributed by atoms with Gasteiger partial charge in [-0.2, -0.15) is 0 Å². The van der Waals surface area contributed by atoms with Crippen molar-refractivity contribution in [3.05, 3.63) is 28.8 Å². The molecule has 0 spiro atoms. The van der Waals surface area contributed by atoms with Gasteiger partial charge in [-0.15, -0.1) is 0 Å². The number of hydrogen-bond donors (Lipinski definition) is 0. The maximum absolute atomic E-state index is 12.3. The van der Waals surface area contributed by atoms with Crippen LogP contribution in [0.2, 0.25) is 0 Å². The zero-order valence-corrected chi connectivity index (χ0v) is 13.1. The van der Waals surface area contributed by atoms with E-state index in [4.69, 9.17) is 4.74 Å². The Bertz CT molecular complexity index is 492. The number of benzene rings is 1. The molecule has 0 saturated heterocycles. The fourth-order valence-electron chi connectivity index (χ4n) is 2.25. The minimum Gasteiger partial charge on any atom is -0.443 e. The first-order chi connectivity index (χ1) is 9.15. The molecule has 0 unspecified atom stereocenters. The van der Waals surface area contributed by atoms with Gasteiger partial charge in [0.05, 0.1) is 12.2 Å². The Balaban J connectivity index is 3.21. The molecule has 0 aliphatic carbocycles. The SMILES string of the molecule is Cc1cc(C)c(N(CC=O)C(=O)OC(C)(C)C)c(C)c1. The standard InChI is InChI=1S/C16H23NO3/c1-11-9-12(2)14(13(3)10-11)17(7-8-18)15(19)20-16(4,5)6/h8-10H,7H2,1-6H3. The summed E-state index contributed by atoms with van der Waals surface area (Å²) in [5.41, 5.74) is 3.19. The number of aldehydes is 1. The lowest BCUT2D eigenvalue weighted by atomic mass is 10.0. The van der Waals surface area contributed by atoms with Crippen LogP contribution >= 0.6 is 0 Å². The molecule has 4 heteroatoms. The van der Waals surface area contributed by atoms with Crippen molar-refractivity contribution in [1.29, 1.82) is 0 Å². The first-order valence-electron chi connectivity index (χ1n) is 6.67. The van der Waals surface area contributed by atoms with Crippen LogP contribution in [0, 0.1) is 20.8 Å². The molecule has 4 nitrogen and oxygen atoms in total. The molecule has 0 heterocycles. The highest BCUT2D eigenvalue weighted by atomic mass is 16.6. The maximum atomic E-state index is 12.3. The second-order valence-electron chi connectivity index (χ2n) is 6.00. The third-order valence-electron chi connectivity index (χ3n) is 2.78. The molecule has 0 radical (unpaired) electrons. The van der Waals surface area contributed by atoms with Crippen molar-refractivity contribution >= 4 is 18.1 Å². The van der Waals surface area contributed by atoms with Crippen molar-refractivity contribution in [2.75, 3.05) is 11.4 Å². The number of carbonyl (C=O) groups excluding carboxylic acids is 2. The minimum absolute atomic E-state index is 0.0142. The number of hydrogen-bond acceptors (Lipinski definition) is 3. The van der Waals surface area contributed by atoms with Crippen LogP contribution in [-0.2, 0) is 9.53 Å². The Morgan fingerprint density at radius 3 is 2.10 bits per heavy atom. The van der Waals surface area contributed by atoms with Crippen molar-refractivity contribution in [1.82, 2.24) is 0 Å². The van der Waals surface area contributed by atoms with Crippen LogP contribution in [0.25, 0.3) is 0 Å². The van der Waals surface area contributed by atoms with E-state index in [9.17, 15) is 9.59 Å². The molecule has 0 fully saturated rings. The fourth-order valence-corrected chi connectivity index (χ4v) is 2.25. The van der Waals surface area contributed by atoms with E-state index in [2.05, 4.69) is 0 Å². The predicted molar refractivity (Wildman–Crippen MR) is 80.3 cm³/mol. The lowest BCUT2D eigenvalue weighted by Crippen LogP contribution is -2.38. The molecule has 0 N–H and O–H groups in total. The molecule has 1 amide bonds. The molecule has 20 heavy (non-hydrogen) atoms. The molecule has 0 aliphatic rings. The summed E-state index contributed by atoms with van der Waals surface area (Å²) < 4.78 is 5.38. The van der Waals surface area contributed by atoms with Crippen LogP contribution in [0.5, 0.6) is 0 Å². The van der Waals surface area contributed by atoms with E-state index < -0.39 is 11.7 Å². The van der Waals surface area contributed by atoms with Crippen molar-refractivity contribution in [3.63, 3.8) is 0 Å². The van der Waals surface area contributed by atoms with Gasteiger partial charge in [0.1, 0.15) is 11.9 Å². The molecule has 110 valence electrons. The van der Waals surface area contributed by atoms with E-state index in [1.807, 2.05) is 32.9 Å². The highest BCUT2D eigenvalue weighted by Crippen LogP contribution is 2.27. The summed E-state index contributed by atoms with van der Waals surface area (Å²) in [5.74, 6) is 0. The predicted octanol–water partition coefficient (Wildman–Crippen LogP) is 3.55. The quantitative estimate of drug-likeness (QED) is 0.794. The van der Waals surface area contributed by atoms with Gasteiger partial charge in [0.15, 0.2) is 0 Å². The van der Waals surface area contributed by atoms with Gasteiger partial charge < -0.3 is 9.53 Å². The normalized spacial score (nSPS) is 11.1. The molecule has 0 aliphatic heterocycles. The summed E-state index contributed by atoms with van der Waals surface area (Å²) in [7, 11) is 0. The lowest BCUT2D eigenvalue weighted by Gasteiger charge is -2.28. The Labute approximate surface area is 120 Å². The molecule has 0 atom stereocenters. The van der Waals surface area contributed by atoms with Crippen LogP contribution in [0.1, 0.15) is 37.5 Å². The second-order valence-corrected chi connectivity index (χ2v) is 6.00. The Morgan fingerprint density at radius 1 is 1.20 bits per heavy atom. The van der Waals surface area contributed by atoms with Gasteiger partial charge in [-0.05, 0) is 52.7 Å². The third kappa shape index (κ3) is 4.08. The van der Waals surface area contributed by atoms with E-state index in [0.717, 1.165) is 22.4 Å². The zero-order valence-electron chi connectivity index (χ0n) is 13.1. The van der Waals surface area contributed by atoms with E-state index in [1.165, 1.54) is 4.90 Å². The van der Waals surface area contributed by atoms with Crippen molar-refractivity contribution in [2.45, 2.75) is 47.1 Å². The van der Waals surface area contributed by atoms with Gasteiger partial charge in [0.25, 0.3) is 0 Å². The number of amides is 1. The van der Waals surface area contributed by atoms with Crippen LogP contribution in [0.15, 0.2) is 12.1 Å². The average molecular weight is 277 g/mol. The van der Waals surface area contributed by atoms with Gasteiger partial charge in [-0.1, -0.05) is 17.7 Å². The average Bonchev–Trinajstić information content (AvgIpc) is 2.24. The number of aryl methyl sites for hydroxylation is 3. The Kier molecular flexibility index (Phi) is 4.93. The van der Waals surface area contributed by atoms with E-state index >= 15 is 0 Å².